The Morgan fingerprint density at radius 1 is 1.24 bits per heavy atom. The van der Waals surface area contributed by atoms with Gasteiger partial charge in [0.15, 0.2) is 0 Å². The van der Waals surface area contributed by atoms with Crippen LogP contribution in [0.4, 0.5) is 5.69 Å². The first kappa shape index (κ1) is 13.7. The van der Waals surface area contributed by atoms with Gasteiger partial charge in [-0.25, -0.2) is 9.67 Å². The summed E-state index contributed by atoms with van der Waals surface area (Å²) in [7, 11) is 0. The second kappa shape index (κ2) is 6.42. The number of aromatic nitrogens is 3. The van der Waals surface area contributed by atoms with Crippen LogP contribution in [0, 0.1) is 12.3 Å². The van der Waals surface area contributed by atoms with E-state index in [1.807, 2.05) is 12.1 Å². The van der Waals surface area contributed by atoms with Crippen molar-refractivity contribution < 1.29 is 0 Å². The zero-order valence-corrected chi connectivity index (χ0v) is 11.9. The lowest BCUT2D eigenvalue weighted by atomic mass is 10.0. The van der Waals surface area contributed by atoms with Crippen molar-refractivity contribution in [2.45, 2.75) is 18.9 Å². The summed E-state index contributed by atoms with van der Waals surface area (Å²) >= 11 is 0. The standard InChI is InChI=1S/C16H19N5/c1-2-9-20-10-7-15(8-11-20)19-14-3-5-16(6-4-14)21-13-17-12-18-21/h1,3-6,12-13,15,19H,7-11H2. The van der Waals surface area contributed by atoms with Gasteiger partial charge < -0.3 is 5.32 Å². The fourth-order valence-corrected chi connectivity index (χ4v) is 2.65. The zero-order valence-electron chi connectivity index (χ0n) is 11.9. The number of nitrogens with zero attached hydrogens (tertiary/aromatic N) is 4. The van der Waals surface area contributed by atoms with Gasteiger partial charge in [-0.15, -0.1) is 6.42 Å². The zero-order chi connectivity index (χ0) is 14.5. The topological polar surface area (TPSA) is 46.0 Å². The molecule has 0 bridgehead atoms. The Kier molecular flexibility index (Phi) is 4.17. The molecule has 0 spiro atoms. The van der Waals surface area contributed by atoms with Gasteiger partial charge >= 0.3 is 0 Å². The van der Waals surface area contributed by atoms with Gasteiger partial charge in [-0.05, 0) is 37.1 Å². The lowest BCUT2D eigenvalue weighted by Crippen LogP contribution is -2.39. The molecule has 1 N–H and O–H groups in total. The molecule has 0 saturated carbocycles. The van der Waals surface area contributed by atoms with E-state index >= 15 is 0 Å². The quantitative estimate of drug-likeness (QED) is 0.868. The molecule has 108 valence electrons. The van der Waals surface area contributed by atoms with E-state index in [1.165, 1.54) is 6.33 Å². The summed E-state index contributed by atoms with van der Waals surface area (Å²) in [4.78, 5) is 6.28. The second-order valence-corrected chi connectivity index (χ2v) is 5.29. The summed E-state index contributed by atoms with van der Waals surface area (Å²) in [5.41, 5.74) is 2.16. The Morgan fingerprint density at radius 2 is 2.00 bits per heavy atom. The van der Waals surface area contributed by atoms with Gasteiger partial charge in [-0.3, -0.25) is 4.90 Å². The van der Waals surface area contributed by atoms with Gasteiger partial charge in [0, 0.05) is 24.8 Å². The largest absolute Gasteiger partial charge is 0.382 e. The highest BCUT2D eigenvalue weighted by atomic mass is 15.3. The monoisotopic (exact) mass is 281 g/mol. The molecule has 0 atom stereocenters. The van der Waals surface area contributed by atoms with Crippen LogP contribution in [0.5, 0.6) is 0 Å². The number of benzene rings is 1. The number of hydrogen-bond donors (Lipinski definition) is 1. The minimum atomic E-state index is 0.524. The summed E-state index contributed by atoms with van der Waals surface area (Å²) in [6, 6.07) is 8.79. The Balaban J connectivity index is 1.56. The van der Waals surface area contributed by atoms with Gasteiger partial charge in [0.1, 0.15) is 12.7 Å². The predicted molar refractivity (Wildman–Crippen MR) is 83.3 cm³/mol. The number of anilines is 1. The van der Waals surface area contributed by atoms with Crippen molar-refractivity contribution in [3.8, 4) is 18.0 Å². The molecule has 5 heteroatoms. The molecular weight excluding hydrogens is 262 g/mol. The molecule has 2 heterocycles. The minimum Gasteiger partial charge on any atom is -0.382 e. The van der Waals surface area contributed by atoms with Gasteiger partial charge in [-0.2, -0.15) is 5.10 Å². The Hall–Kier alpha value is -2.32. The molecule has 1 aliphatic rings. The number of hydrogen-bond acceptors (Lipinski definition) is 4. The fourth-order valence-electron chi connectivity index (χ4n) is 2.65. The third kappa shape index (κ3) is 3.41. The van der Waals surface area contributed by atoms with Crippen LogP contribution in [0.25, 0.3) is 5.69 Å². The molecule has 3 rings (SSSR count). The normalized spacial score (nSPS) is 16.5. The number of terminal acetylenes is 1. The molecule has 21 heavy (non-hydrogen) atoms. The van der Waals surface area contributed by atoms with Crippen molar-refractivity contribution >= 4 is 5.69 Å². The number of rotatable bonds is 4. The van der Waals surface area contributed by atoms with E-state index in [2.05, 4.69) is 38.4 Å². The molecule has 1 saturated heterocycles. The van der Waals surface area contributed by atoms with Crippen molar-refractivity contribution in [1.82, 2.24) is 19.7 Å². The maximum Gasteiger partial charge on any atom is 0.138 e. The van der Waals surface area contributed by atoms with Crippen molar-refractivity contribution in [3.63, 3.8) is 0 Å². The average Bonchev–Trinajstić information content (AvgIpc) is 3.05. The van der Waals surface area contributed by atoms with Crippen LogP contribution in [-0.2, 0) is 0 Å². The number of nitrogens with one attached hydrogen (secondary N) is 1. The Bertz CT molecular complexity index is 589. The van der Waals surface area contributed by atoms with Crippen LogP contribution in [0.3, 0.4) is 0 Å². The number of piperidine rings is 1. The van der Waals surface area contributed by atoms with Crippen LogP contribution in [0.1, 0.15) is 12.8 Å². The third-order valence-corrected chi connectivity index (χ3v) is 3.82. The first-order chi connectivity index (χ1) is 10.3. The van der Waals surface area contributed by atoms with Crippen molar-refractivity contribution in [2.24, 2.45) is 0 Å². The molecule has 5 nitrogen and oxygen atoms in total. The van der Waals surface area contributed by atoms with E-state index in [1.54, 1.807) is 11.0 Å². The third-order valence-electron chi connectivity index (χ3n) is 3.82. The van der Waals surface area contributed by atoms with Crippen LogP contribution >= 0.6 is 0 Å². The highest BCUT2D eigenvalue weighted by Gasteiger charge is 2.18. The molecule has 1 fully saturated rings. The van der Waals surface area contributed by atoms with E-state index in [0.29, 0.717) is 6.04 Å². The summed E-state index contributed by atoms with van der Waals surface area (Å²) in [6.45, 7) is 2.90. The molecule has 1 aromatic heterocycles. The van der Waals surface area contributed by atoms with Crippen LogP contribution in [0.15, 0.2) is 36.9 Å². The van der Waals surface area contributed by atoms with Gasteiger partial charge in [0.2, 0.25) is 0 Å². The average molecular weight is 281 g/mol. The molecule has 0 unspecified atom stereocenters. The predicted octanol–water partition coefficient (Wildman–Crippen LogP) is 1.78. The molecule has 0 amide bonds. The summed E-state index contributed by atoms with van der Waals surface area (Å²) in [5, 5.41) is 7.71. The summed E-state index contributed by atoms with van der Waals surface area (Å²) in [5.74, 6) is 2.71. The lowest BCUT2D eigenvalue weighted by Gasteiger charge is -2.31. The maximum absolute atomic E-state index is 5.35. The van der Waals surface area contributed by atoms with E-state index in [9.17, 15) is 0 Å². The van der Waals surface area contributed by atoms with E-state index in [0.717, 1.165) is 43.9 Å². The molecule has 0 aliphatic carbocycles. The van der Waals surface area contributed by atoms with Crippen molar-refractivity contribution in [3.05, 3.63) is 36.9 Å². The lowest BCUT2D eigenvalue weighted by molar-refractivity contribution is 0.243. The summed E-state index contributed by atoms with van der Waals surface area (Å²) < 4.78 is 1.75. The first-order valence-corrected chi connectivity index (χ1v) is 7.22. The van der Waals surface area contributed by atoms with E-state index in [4.69, 9.17) is 6.42 Å². The molecule has 0 radical (unpaired) electrons. The summed E-state index contributed by atoms with van der Waals surface area (Å²) in [6.07, 6.45) is 10.9. The van der Waals surface area contributed by atoms with Gasteiger partial charge in [0.05, 0.1) is 12.2 Å². The maximum atomic E-state index is 5.35. The van der Waals surface area contributed by atoms with Crippen LogP contribution in [0.2, 0.25) is 0 Å². The van der Waals surface area contributed by atoms with Crippen LogP contribution < -0.4 is 5.32 Å². The highest BCUT2D eigenvalue weighted by molar-refractivity contribution is 5.49. The smallest absolute Gasteiger partial charge is 0.138 e. The number of likely N-dealkylation sites (tertiary alicyclic amines) is 1. The van der Waals surface area contributed by atoms with Crippen molar-refractivity contribution in [1.29, 1.82) is 0 Å². The molecule has 2 aromatic rings. The second-order valence-electron chi connectivity index (χ2n) is 5.29. The molecular formula is C16H19N5. The Morgan fingerprint density at radius 3 is 2.62 bits per heavy atom. The molecule has 1 aromatic carbocycles. The van der Waals surface area contributed by atoms with Crippen LogP contribution in [-0.4, -0.2) is 45.3 Å². The van der Waals surface area contributed by atoms with E-state index < -0.39 is 0 Å². The fraction of sp³-hybridized carbons (Fsp3) is 0.375. The SMILES string of the molecule is C#CCN1CCC(Nc2ccc(-n3cncn3)cc2)CC1. The minimum absolute atomic E-state index is 0.524. The van der Waals surface area contributed by atoms with Gasteiger partial charge in [0.25, 0.3) is 0 Å². The molecule has 1 aliphatic heterocycles. The first-order valence-electron chi connectivity index (χ1n) is 7.22. The van der Waals surface area contributed by atoms with E-state index in [-0.39, 0.29) is 0 Å². The highest BCUT2D eigenvalue weighted by Crippen LogP contribution is 2.18. The Labute approximate surface area is 125 Å². The van der Waals surface area contributed by atoms with Gasteiger partial charge in [-0.1, -0.05) is 5.92 Å². The van der Waals surface area contributed by atoms with Crippen molar-refractivity contribution in [2.75, 3.05) is 25.0 Å².